The van der Waals surface area contributed by atoms with Crippen LogP contribution in [0.2, 0.25) is 0 Å². The van der Waals surface area contributed by atoms with Gasteiger partial charge in [0.15, 0.2) is 0 Å². The highest BCUT2D eigenvalue weighted by atomic mass is 19.1. The van der Waals surface area contributed by atoms with Crippen molar-refractivity contribution in [3.63, 3.8) is 0 Å². The number of halogens is 1. The number of benzene rings is 1. The molecule has 0 aliphatic carbocycles. The number of carbonyl (C=O) groups is 3. The van der Waals surface area contributed by atoms with Crippen molar-refractivity contribution in [3.05, 3.63) is 89.0 Å². The second-order valence-electron chi connectivity index (χ2n) is 6.88. The van der Waals surface area contributed by atoms with E-state index in [-0.39, 0.29) is 42.7 Å². The van der Waals surface area contributed by atoms with Gasteiger partial charge in [0.05, 0.1) is 6.54 Å². The molecule has 2 heterocycles. The molecular weight excluding hydrogens is 415 g/mol. The van der Waals surface area contributed by atoms with Crippen LogP contribution in [0, 0.1) is 12.7 Å². The fourth-order valence-corrected chi connectivity index (χ4v) is 2.71. The van der Waals surface area contributed by atoms with Gasteiger partial charge in [-0.05, 0) is 35.7 Å². The minimum atomic E-state index is -0.618. The number of rotatable bonds is 8. The minimum Gasteiger partial charge on any atom is -0.350 e. The largest absolute Gasteiger partial charge is 0.350 e. The predicted octanol–water partition coefficient (Wildman–Crippen LogP) is 1.30. The summed E-state index contributed by atoms with van der Waals surface area (Å²) in [6, 6.07) is 9.34. The maximum Gasteiger partial charge on any atom is 0.270 e. The lowest BCUT2D eigenvalue weighted by molar-refractivity contribution is -0.120. The number of hydrogen-bond acceptors (Lipinski definition) is 6. The molecule has 0 spiro atoms. The van der Waals surface area contributed by atoms with Gasteiger partial charge in [0, 0.05) is 31.5 Å². The highest BCUT2D eigenvalue weighted by molar-refractivity contribution is 5.98. The van der Waals surface area contributed by atoms with Crippen LogP contribution < -0.4 is 16.0 Å². The Hall–Kier alpha value is -4.21. The molecule has 2 aromatic heterocycles. The van der Waals surface area contributed by atoms with E-state index >= 15 is 0 Å². The normalized spacial score (nSPS) is 10.3. The molecule has 0 aliphatic heterocycles. The van der Waals surface area contributed by atoms with Crippen molar-refractivity contribution in [2.45, 2.75) is 20.0 Å². The van der Waals surface area contributed by atoms with Crippen LogP contribution in [0.5, 0.6) is 0 Å². The topological polar surface area (TPSA) is 126 Å². The molecule has 9 nitrogen and oxygen atoms in total. The van der Waals surface area contributed by atoms with Crippen molar-refractivity contribution >= 4 is 17.7 Å². The molecule has 0 saturated carbocycles. The van der Waals surface area contributed by atoms with Crippen molar-refractivity contribution in [2.75, 3.05) is 6.54 Å². The fraction of sp³-hybridized carbons (Fsp3) is 0.182. The van der Waals surface area contributed by atoms with Crippen molar-refractivity contribution in [1.82, 2.24) is 30.9 Å². The van der Waals surface area contributed by atoms with Crippen molar-refractivity contribution < 1.29 is 18.8 Å². The number of aromatic nitrogens is 3. The van der Waals surface area contributed by atoms with Gasteiger partial charge in [-0.15, -0.1) is 0 Å². The van der Waals surface area contributed by atoms with Crippen LogP contribution in [0.4, 0.5) is 4.39 Å². The molecule has 3 amide bonds. The Morgan fingerprint density at radius 2 is 1.62 bits per heavy atom. The molecule has 0 aliphatic rings. The maximum absolute atomic E-state index is 13.3. The van der Waals surface area contributed by atoms with E-state index in [9.17, 15) is 18.8 Å². The zero-order valence-corrected chi connectivity index (χ0v) is 17.3. The number of nitrogens with zero attached hydrogens (tertiary/aromatic N) is 3. The van der Waals surface area contributed by atoms with Gasteiger partial charge in [-0.3, -0.25) is 19.4 Å². The number of carbonyl (C=O) groups excluding carboxylic acids is 3. The van der Waals surface area contributed by atoms with E-state index in [0.29, 0.717) is 5.56 Å². The first-order valence-corrected chi connectivity index (χ1v) is 9.71. The maximum atomic E-state index is 13.3. The molecule has 3 rings (SSSR count). The van der Waals surface area contributed by atoms with E-state index in [1.165, 1.54) is 12.1 Å². The summed E-state index contributed by atoms with van der Waals surface area (Å²) < 4.78 is 13.3. The van der Waals surface area contributed by atoms with E-state index in [0.717, 1.165) is 17.5 Å². The first kappa shape index (κ1) is 22.5. The minimum absolute atomic E-state index is 0.00925. The molecular formula is C22H21FN6O3. The van der Waals surface area contributed by atoms with E-state index in [1.807, 2.05) is 6.07 Å². The molecule has 0 unspecified atom stereocenters. The first-order valence-electron chi connectivity index (χ1n) is 9.71. The highest BCUT2D eigenvalue weighted by Crippen LogP contribution is 2.09. The van der Waals surface area contributed by atoms with E-state index in [1.54, 1.807) is 37.5 Å². The molecule has 0 fully saturated rings. The van der Waals surface area contributed by atoms with Crippen LogP contribution in [0.1, 0.15) is 37.7 Å². The summed E-state index contributed by atoms with van der Waals surface area (Å²) in [5.74, 6) is -1.84. The standard InChI is InChI=1S/C22H21FN6O3/c1-14-7-15(4-5-17(14)23)10-26-21(31)18-8-19(29-13-28-18)22(32)27-12-20(30)25-11-16-3-2-6-24-9-16/h2-9,13H,10-12H2,1H3,(H,25,30)(H,26,31)(H,27,32). The monoisotopic (exact) mass is 436 g/mol. The van der Waals surface area contributed by atoms with Crippen LogP contribution in [0.3, 0.4) is 0 Å². The lowest BCUT2D eigenvalue weighted by Crippen LogP contribution is -2.37. The van der Waals surface area contributed by atoms with Gasteiger partial charge in [-0.25, -0.2) is 14.4 Å². The molecule has 3 aromatic rings. The number of nitrogens with one attached hydrogen (secondary N) is 3. The quantitative estimate of drug-likeness (QED) is 0.489. The second kappa shape index (κ2) is 10.7. The molecule has 32 heavy (non-hydrogen) atoms. The summed E-state index contributed by atoms with van der Waals surface area (Å²) in [4.78, 5) is 48.2. The Morgan fingerprint density at radius 3 is 2.31 bits per heavy atom. The zero-order valence-electron chi connectivity index (χ0n) is 17.3. The Morgan fingerprint density at radius 1 is 0.906 bits per heavy atom. The van der Waals surface area contributed by atoms with Gasteiger partial charge in [0.2, 0.25) is 5.91 Å². The zero-order chi connectivity index (χ0) is 22.9. The predicted molar refractivity (Wildman–Crippen MR) is 113 cm³/mol. The second-order valence-corrected chi connectivity index (χ2v) is 6.88. The summed E-state index contributed by atoms with van der Waals surface area (Å²) in [5.41, 5.74) is 1.96. The van der Waals surface area contributed by atoms with Crippen LogP contribution in [0.25, 0.3) is 0 Å². The highest BCUT2D eigenvalue weighted by Gasteiger charge is 2.14. The van der Waals surface area contributed by atoms with E-state index in [4.69, 9.17) is 0 Å². The average molecular weight is 436 g/mol. The van der Waals surface area contributed by atoms with Gasteiger partial charge in [-0.2, -0.15) is 0 Å². The Bertz CT molecular complexity index is 1120. The van der Waals surface area contributed by atoms with E-state index in [2.05, 4.69) is 30.9 Å². The average Bonchev–Trinajstić information content (AvgIpc) is 2.82. The lowest BCUT2D eigenvalue weighted by atomic mass is 10.1. The van der Waals surface area contributed by atoms with Crippen LogP contribution in [-0.4, -0.2) is 39.2 Å². The number of hydrogen-bond donors (Lipinski definition) is 3. The summed E-state index contributed by atoms with van der Waals surface area (Å²) in [5, 5.41) is 7.77. The summed E-state index contributed by atoms with van der Waals surface area (Å²) >= 11 is 0. The molecule has 10 heteroatoms. The van der Waals surface area contributed by atoms with Gasteiger partial charge >= 0.3 is 0 Å². The smallest absolute Gasteiger partial charge is 0.270 e. The van der Waals surface area contributed by atoms with Gasteiger partial charge in [-0.1, -0.05) is 18.2 Å². The van der Waals surface area contributed by atoms with Crippen LogP contribution >= 0.6 is 0 Å². The molecule has 0 atom stereocenters. The third kappa shape index (κ3) is 6.39. The molecule has 0 radical (unpaired) electrons. The molecule has 1 aromatic carbocycles. The Kier molecular flexibility index (Phi) is 7.52. The molecule has 164 valence electrons. The summed E-state index contributed by atoms with van der Waals surface area (Å²) in [6.07, 6.45) is 4.35. The third-order valence-corrected chi connectivity index (χ3v) is 4.43. The lowest BCUT2D eigenvalue weighted by Gasteiger charge is -2.08. The summed E-state index contributed by atoms with van der Waals surface area (Å²) in [7, 11) is 0. The van der Waals surface area contributed by atoms with Crippen LogP contribution in [0.15, 0.2) is 55.1 Å². The number of aryl methyl sites for hydroxylation is 1. The molecule has 0 saturated heterocycles. The van der Waals surface area contributed by atoms with Crippen molar-refractivity contribution in [3.8, 4) is 0 Å². The SMILES string of the molecule is Cc1cc(CNC(=O)c2cc(C(=O)NCC(=O)NCc3cccnc3)ncn2)ccc1F. The Labute approximate surface area is 183 Å². The van der Waals surface area contributed by atoms with E-state index < -0.39 is 11.8 Å². The first-order chi connectivity index (χ1) is 15.4. The van der Waals surface area contributed by atoms with Crippen LogP contribution in [-0.2, 0) is 17.9 Å². The molecule has 0 bridgehead atoms. The number of amides is 3. The third-order valence-electron chi connectivity index (χ3n) is 4.43. The van der Waals surface area contributed by atoms with Gasteiger partial charge < -0.3 is 16.0 Å². The Balaban J connectivity index is 1.50. The fourth-order valence-electron chi connectivity index (χ4n) is 2.71. The van der Waals surface area contributed by atoms with Gasteiger partial charge in [0.1, 0.15) is 23.5 Å². The summed E-state index contributed by atoms with van der Waals surface area (Å²) in [6.45, 7) is 1.83. The van der Waals surface area contributed by atoms with Crippen molar-refractivity contribution in [2.24, 2.45) is 0 Å². The van der Waals surface area contributed by atoms with Crippen molar-refractivity contribution in [1.29, 1.82) is 0 Å². The van der Waals surface area contributed by atoms with Gasteiger partial charge in [0.25, 0.3) is 11.8 Å². The number of pyridine rings is 1. The molecule has 3 N–H and O–H groups in total.